The zero-order valence-electron chi connectivity index (χ0n) is 14.0. The van der Waals surface area contributed by atoms with E-state index in [2.05, 4.69) is 55.1 Å². The van der Waals surface area contributed by atoms with Crippen LogP contribution in [0, 0.1) is 5.92 Å². The Morgan fingerprint density at radius 2 is 1.96 bits per heavy atom. The van der Waals surface area contributed by atoms with Crippen LogP contribution in [0.25, 0.3) is 0 Å². The molecule has 1 fully saturated rings. The lowest BCUT2D eigenvalue weighted by atomic mass is 9.59. The van der Waals surface area contributed by atoms with Gasteiger partial charge in [-0.2, -0.15) is 0 Å². The molecule has 2 bridgehead atoms. The number of phenolic OH excluding ortho intramolecular Hbond substituents is 1. The maximum Gasteiger partial charge on any atom is 0.115 e. The maximum atomic E-state index is 9.92. The van der Waals surface area contributed by atoms with Gasteiger partial charge in [0, 0.05) is 12.6 Å². The Labute approximate surface area is 138 Å². The van der Waals surface area contributed by atoms with E-state index in [0.717, 1.165) is 25.9 Å². The van der Waals surface area contributed by atoms with Crippen LogP contribution in [0.1, 0.15) is 37.0 Å². The second-order valence-corrected chi connectivity index (χ2v) is 7.53. The molecule has 0 spiro atoms. The summed E-state index contributed by atoms with van der Waals surface area (Å²) < 4.78 is 0. The molecule has 0 unspecified atom stereocenters. The van der Waals surface area contributed by atoms with Crippen LogP contribution in [0.2, 0.25) is 0 Å². The highest BCUT2D eigenvalue weighted by atomic mass is 16.3. The first-order chi connectivity index (χ1) is 11.1. The van der Waals surface area contributed by atoms with Crippen molar-refractivity contribution in [1.29, 1.82) is 0 Å². The first kappa shape index (κ1) is 14.8. The van der Waals surface area contributed by atoms with Gasteiger partial charge in [0.15, 0.2) is 0 Å². The highest BCUT2D eigenvalue weighted by Gasteiger charge is 2.48. The third-order valence-corrected chi connectivity index (χ3v) is 6.34. The van der Waals surface area contributed by atoms with Gasteiger partial charge in [0.2, 0.25) is 0 Å². The number of fused-ring (bicyclic) bond motifs is 4. The van der Waals surface area contributed by atoms with Gasteiger partial charge in [-0.3, -0.25) is 4.90 Å². The first-order valence-electron chi connectivity index (χ1n) is 8.68. The molecule has 2 aromatic rings. The summed E-state index contributed by atoms with van der Waals surface area (Å²) in [4.78, 5) is 2.66. The number of aromatic hydroxyl groups is 1. The van der Waals surface area contributed by atoms with Crippen molar-refractivity contribution in [2.45, 2.75) is 44.7 Å². The number of likely N-dealkylation sites (tertiary alicyclic amines) is 1. The highest BCUT2D eigenvalue weighted by Crippen LogP contribution is 2.49. The predicted molar refractivity (Wildman–Crippen MR) is 93.6 cm³/mol. The Hall–Kier alpha value is -1.80. The van der Waals surface area contributed by atoms with Crippen molar-refractivity contribution in [3.05, 3.63) is 65.2 Å². The summed E-state index contributed by atoms with van der Waals surface area (Å²) in [6, 6.07) is 17.4. The molecule has 120 valence electrons. The molecule has 23 heavy (non-hydrogen) atoms. The summed E-state index contributed by atoms with van der Waals surface area (Å²) in [5.41, 5.74) is 4.39. The molecule has 1 saturated heterocycles. The lowest BCUT2D eigenvalue weighted by Crippen LogP contribution is -2.57. The largest absolute Gasteiger partial charge is 0.508 e. The Balaban J connectivity index is 1.67. The Kier molecular flexibility index (Phi) is 3.46. The molecule has 2 aliphatic rings. The van der Waals surface area contributed by atoms with Gasteiger partial charge in [-0.1, -0.05) is 50.2 Å². The molecule has 2 aromatic carbocycles. The van der Waals surface area contributed by atoms with Crippen LogP contribution in [0.4, 0.5) is 0 Å². The third-order valence-electron chi connectivity index (χ3n) is 6.34. The van der Waals surface area contributed by atoms with Gasteiger partial charge < -0.3 is 5.11 Å². The molecule has 3 atom stereocenters. The van der Waals surface area contributed by atoms with Crippen molar-refractivity contribution in [2.24, 2.45) is 5.92 Å². The molecule has 4 rings (SSSR count). The summed E-state index contributed by atoms with van der Waals surface area (Å²) in [6.45, 7) is 6.96. The van der Waals surface area contributed by atoms with E-state index in [9.17, 15) is 5.11 Å². The van der Waals surface area contributed by atoms with E-state index in [-0.39, 0.29) is 5.41 Å². The number of rotatable bonds is 2. The van der Waals surface area contributed by atoms with E-state index in [1.165, 1.54) is 16.7 Å². The zero-order chi connectivity index (χ0) is 16.0. The zero-order valence-corrected chi connectivity index (χ0v) is 14.0. The standard InChI is InChI=1S/C21H25NO/c1-15-20-12-17-8-9-18(23)13-19(17)21(15,2)10-11-22(20)14-16-6-4-3-5-7-16/h3-9,13,15,20,23H,10-12,14H2,1-2H3/t15-,20+,21+/m1/s1. The second kappa shape index (κ2) is 5.38. The number of benzene rings is 2. The van der Waals surface area contributed by atoms with Crippen LogP contribution in [-0.4, -0.2) is 22.6 Å². The lowest BCUT2D eigenvalue weighted by molar-refractivity contribution is 0.0258. The molecule has 1 aliphatic carbocycles. The summed E-state index contributed by atoms with van der Waals surface area (Å²) >= 11 is 0. The lowest BCUT2D eigenvalue weighted by Gasteiger charge is -2.54. The molecule has 0 saturated carbocycles. The fraction of sp³-hybridized carbons (Fsp3) is 0.429. The molecule has 1 heterocycles. The molecular formula is C21H25NO. The number of hydrogen-bond acceptors (Lipinski definition) is 2. The van der Waals surface area contributed by atoms with Crippen molar-refractivity contribution in [3.8, 4) is 5.75 Å². The van der Waals surface area contributed by atoms with E-state index < -0.39 is 0 Å². The average Bonchev–Trinajstić information content (AvgIpc) is 2.55. The maximum absolute atomic E-state index is 9.92. The Bertz CT molecular complexity index is 711. The summed E-state index contributed by atoms with van der Waals surface area (Å²) in [6.07, 6.45) is 2.26. The van der Waals surface area contributed by atoms with Crippen molar-refractivity contribution in [3.63, 3.8) is 0 Å². The molecule has 1 N–H and O–H groups in total. The van der Waals surface area contributed by atoms with Crippen LogP contribution in [0.3, 0.4) is 0 Å². The molecule has 0 amide bonds. The smallest absolute Gasteiger partial charge is 0.115 e. The van der Waals surface area contributed by atoms with Crippen molar-refractivity contribution in [2.75, 3.05) is 6.54 Å². The topological polar surface area (TPSA) is 23.5 Å². The monoisotopic (exact) mass is 307 g/mol. The van der Waals surface area contributed by atoms with E-state index in [4.69, 9.17) is 0 Å². The minimum atomic E-state index is 0.185. The van der Waals surface area contributed by atoms with Gasteiger partial charge in [-0.25, -0.2) is 0 Å². The van der Waals surface area contributed by atoms with Crippen molar-refractivity contribution < 1.29 is 5.11 Å². The minimum Gasteiger partial charge on any atom is -0.508 e. The van der Waals surface area contributed by atoms with Gasteiger partial charge in [0.1, 0.15) is 5.75 Å². The van der Waals surface area contributed by atoms with Crippen LogP contribution in [-0.2, 0) is 18.4 Å². The van der Waals surface area contributed by atoms with Crippen molar-refractivity contribution >= 4 is 0 Å². The van der Waals surface area contributed by atoms with Crippen LogP contribution >= 0.6 is 0 Å². The second-order valence-electron chi connectivity index (χ2n) is 7.53. The van der Waals surface area contributed by atoms with Gasteiger partial charge >= 0.3 is 0 Å². The molecule has 0 aromatic heterocycles. The van der Waals surface area contributed by atoms with Gasteiger partial charge in [0.05, 0.1) is 0 Å². The highest BCUT2D eigenvalue weighted by molar-refractivity contribution is 5.44. The third kappa shape index (κ3) is 2.36. The first-order valence-corrected chi connectivity index (χ1v) is 8.68. The number of piperidine rings is 1. The van der Waals surface area contributed by atoms with Gasteiger partial charge in [0.25, 0.3) is 0 Å². The normalized spacial score (nSPS) is 30.0. The fourth-order valence-electron chi connectivity index (χ4n) is 4.71. The molecule has 2 nitrogen and oxygen atoms in total. The Morgan fingerprint density at radius 1 is 1.17 bits per heavy atom. The fourth-order valence-corrected chi connectivity index (χ4v) is 4.71. The summed E-state index contributed by atoms with van der Waals surface area (Å²) in [5.74, 6) is 1.01. The summed E-state index contributed by atoms with van der Waals surface area (Å²) in [5, 5.41) is 9.92. The van der Waals surface area contributed by atoms with Crippen molar-refractivity contribution in [1.82, 2.24) is 4.90 Å². The quantitative estimate of drug-likeness (QED) is 0.902. The Morgan fingerprint density at radius 3 is 2.74 bits per heavy atom. The van der Waals surface area contributed by atoms with Crippen LogP contribution < -0.4 is 0 Å². The van der Waals surface area contributed by atoms with E-state index in [1.807, 2.05) is 12.1 Å². The SMILES string of the molecule is C[C@@H]1[C@@H]2Cc3ccc(O)cc3[C@@]1(C)CCN2Cc1ccccc1. The van der Waals surface area contributed by atoms with Gasteiger partial charge in [-0.05, 0) is 59.5 Å². The minimum absolute atomic E-state index is 0.185. The van der Waals surface area contributed by atoms with E-state index >= 15 is 0 Å². The molecular weight excluding hydrogens is 282 g/mol. The summed E-state index contributed by atoms with van der Waals surface area (Å²) in [7, 11) is 0. The van der Waals surface area contributed by atoms with Crippen LogP contribution in [0.15, 0.2) is 48.5 Å². The van der Waals surface area contributed by atoms with Crippen LogP contribution in [0.5, 0.6) is 5.75 Å². The molecule has 1 aliphatic heterocycles. The predicted octanol–water partition coefficient (Wildman–Crippen LogP) is 4.12. The number of phenols is 1. The molecule has 2 heteroatoms. The van der Waals surface area contributed by atoms with E-state index in [0.29, 0.717) is 17.7 Å². The molecule has 0 radical (unpaired) electrons. The van der Waals surface area contributed by atoms with Gasteiger partial charge in [-0.15, -0.1) is 0 Å². The number of hydrogen-bond donors (Lipinski definition) is 1. The van der Waals surface area contributed by atoms with E-state index in [1.54, 1.807) is 0 Å². The average molecular weight is 307 g/mol. The number of nitrogens with zero attached hydrogens (tertiary/aromatic N) is 1.